The van der Waals surface area contributed by atoms with E-state index in [1.165, 1.54) is 0 Å². The van der Waals surface area contributed by atoms with Crippen LogP contribution in [-0.4, -0.2) is 40.9 Å². The summed E-state index contributed by atoms with van der Waals surface area (Å²) in [5, 5.41) is 12.3. The number of methoxy groups -OCH3 is 1. The quantitative estimate of drug-likeness (QED) is 0.507. The summed E-state index contributed by atoms with van der Waals surface area (Å²) in [6.45, 7) is 6.01. The third kappa shape index (κ3) is 5.71. The van der Waals surface area contributed by atoms with Gasteiger partial charge in [0.1, 0.15) is 0 Å². The van der Waals surface area contributed by atoms with Crippen LogP contribution in [0.4, 0.5) is 0 Å². The topological polar surface area (TPSA) is 82.2 Å². The lowest BCUT2D eigenvalue weighted by molar-refractivity contribution is 0.0949. The molecule has 29 heavy (non-hydrogen) atoms. The van der Waals surface area contributed by atoms with Gasteiger partial charge in [-0.05, 0) is 35.7 Å². The first-order valence-corrected chi connectivity index (χ1v) is 10.5. The van der Waals surface area contributed by atoms with Crippen LogP contribution in [0.5, 0.6) is 0 Å². The van der Waals surface area contributed by atoms with Crippen LogP contribution in [-0.2, 0) is 17.0 Å². The van der Waals surface area contributed by atoms with E-state index in [-0.39, 0.29) is 5.91 Å². The number of rotatable bonds is 10. The molecule has 3 rings (SSSR count). The van der Waals surface area contributed by atoms with Crippen molar-refractivity contribution in [3.63, 3.8) is 0 Å². The van der Waals surface area contributed by atoms with E-state index in [4.69, 9.17) is 9.15 Å². The molecule has 1 N–H and O–H groups in total. The number of hydrogen-bond donors (Lipinski definition) is 1. The highest BCUT2D eigenvalue weighted by Crippen LogP contribution is 2.26. The van der Waals surface area contributed by atoms with Gasteiger partial charge in [-0.25, -0.2) is 0 Å². The summed E-state index contributed by atoms with van der Waals surface area (Å²) in [7, 11) is 1.67. The third-order valence-electron chi connectivity index (χ3n) is 4.23. The molecule has 0 saturated carbocycles. The molecule has 0 aliphatic rings. The van der Waals surface area contributed by atoms with Crippen molar-refractivity contribution in [3.05, 3.63) is 53.8 Å². The third-order valence-corrected chi connectivity index (χ3v) is 5.27. The maximum atomic E-state index is 12.1. The second kappa shape index (κ2) is 10.3. The van der Waals surface area contributed by atoms with Crippen LogP contribution in [0.1, 0.15) is 29.8 Å². The smallest absolute Gasteiger partial charge is 0.251 e. The molecule has 0 radical (unpaired) electrons. The molecule has 0 saturated heterocycles. The second-order valence-electron chi connectivity index (χ2n) is 7.02. The number of amides is 1. The highest BCUT2D eigenvalue weighted by Gasteiger charge is 2.16. The van der Waals surface area contributed by atoms with E-state index in [9.17, 15) is 4.79 Å². The minimum absolute atomic E-state index is 0.0414. The van der Waals surface area contributed by atoms with Crippen LogP contribution in [0, 0.1) is 5.92 Å². The maximum Gasteiger partial charge on any atom is 0.251 e. The lowest BCUT2D eigenvalue weighted by Gasteiger charge is -2.09. The minimum Gasteiger partial charge on any atom is -0.461 e. The molecule has 0 bridgehead atoms. The highest BCUT2D eigenvalue weighted by atomic mass is 32.2. The Hall–Kier alpha value is -2.58. The molecule has 154 valence electrons. The van der Waals surface area contributed by atoms with Crippen LogP contribution in [0.2, 0.25) is 0 Å². The maximum absolute atomic E-state index is 12.1. The van der Waals surface area contributed by atoms with Gasteiger partial charge >= 0.3 is 0 Å². The van der Waals surface area contributed by atoms with Crippen LogP contribution in [0.25, 0.3) is 11.6 Å². The second-order valence-corrected chi connectivity index (χ2v) is 7.96. The first-order chi connectivity index (χ1) is 14.1. The molecule has 0 spiro atoms. The number of ether oxygens (including phenoxy) is 1. The van der Waals surface area contributed by atoms with Gasteiger partial charge < -0.3 is 14.5 Å². The Morgan fingerprint density at radius 2 is 2.03 bits per heavy atom. The van der Waals surface area contributed by atoms with Crippen molar-refractivity contribution in [2.45, 2.75) is 31.3 Å². The number of furan rings is 1. The van der Waals surface area contributed by atoms with Crippen LogP contribution < -0.4 is 5.32 Å². The van der Waals surface area contributed by atoms with Gasteiger partial charge in [0.05, 0.1) is 19.4 Å². The zero-order chi connectivity index (χ0) is 20.6. The van der Waals surface area contributed by atoms with Crippen LogP contribution in [0.3, 0.4) is 0 Å². The molecule has 1 amide bonds. The van der Waals surface area contributed by atoms with Gasteiger partial charge in [-0.1, -0.05) is 37.7 Å². The molecule has 0 aliphatic carbocycles. The normalized spacial score (nSPS) is 11.2. The Morgan fingerprint density at radius 3 is 2.69 bits per heavy atom. The van der Waals surface area contributed by atoms with E-state index >= 15 is 0 Å². The predicted molar refractivity (Wildman–Crippen MR) is 113 cm³/mol. The fraction of sp³-hybridized carbons (Fsp3) is 0.381. The van der Waals surface area contributed by atoms with Gasteiger partial charge in [0.25, 0.3) is 5.91 Å². The first kappa shape index (κ1) is 21.1. The van der Waals surface area contributed by atoms with E-state index in [1.54, 1.807) is 25.1 Å². The molecule has 7 nitrogen and oxygen atoms in total. The van der Waals surface area contributed by atoms with E-state index < -0.39 is 0 Å². The van der Waals surface area contributed by atoms with Crippen molar-refractivity contribution in [1.29, 1.82) is 0 Å². The number of nitrogens with one attached hydrogen (secondary N) is 1. The summed E-state index contributed by atoms with van der Waals surface area (Å²) in [4.78, 5) is 12.1. The number of hydrogen-bond acceptors (Lipinski definition) is 6. The Kier molecular flexibility index (Phi) is 7.48. The Labute approximate surface area is 174 Å². The summed E-state index contributed by atoms with van der Waals surface area (Å²) >= 11 is 1.59. The average Bonchev–Trinajstić information content (AvgIpc) is 3.38. The Morgan fingerprint density at radius 1 is 1.24 bits per heavy atom. The minimum atomic E-state index is -0.0414. The summed E-state index contributed by atoms with van der Waals surface area (Å²) in [6.07, 6.45) is 1.62. The molecule has 0 unspecified atom stereocenters. The number of benzene rings is 1. The molecule has 0 atom stereocenters. The Balaban J connectivity index is 1.66. The zero-order valence-corrected chi connectivity index (χ0v) is 17.7. The fourth-order valence-electron chi connectivity index (χ4n) is 2.67. The summed E-state index contributed by atoms with van der Waals surface area (Å²) < 4.78 is 12.7. The van der Waals surface area contributed by atoms with Crippen LogP contribution >= 0.6 is 11.8 Å². The molecule has 2 aromatic heterocycles. The van der Waals surface area contributed by atoms with Gasteiger partial charge in [-0.15, -0.1) is 10.2 Å². The molecule has 2 heterocycles. The fourth-order valence-corrected chi connectivity index (χ4v) is 3.59. The molecular formula is C21H26N4O3S. The molecule has 0 fully saturated rings. The summed E-state index contributed by atoms with van der Waals surface area (Å²) in [5.74, 6) is 2.47. The number of carbonyl (C=O) groups excluding carboxylic acids is 1. The van der Waals surface area contributed by atoms with Gasteiger partial charge in [0.2, 0.25) is 5.82 Å². The standard InChI is InChI=1S/C21H26N4O3S/c1-15(2)13-22-20(26)17-8-6-16(7-9-17)14-29-21-24-23-19(18-5-4-11-28-18)25(21)10-12-27-3/h4-9,11,15H,10,12-14H2,1-3H3,(H,22,26). The van der Waals surface area contributed by atoms with E-state index in [0.29, 0.717) is 42.8 Å². The largest absolute Gasteiger partial charge is 0.461 e. The Bertz CT molecular complexity index is 905. The van der Waals surface area contributed by atoms with Crippen molar-refractivity contribution < 1.29 is 13.9 Å². The van der Waals surface area contributed by atoms with Gasteiger partial charge in [-0.2, -0.15) is 0 Å². The lowest BCUT2D eigenvalue weighted by Crippen LogP contribution is -2.27. The van der Waals surface area contributed by atoms with Gasteiger partial charge in [0, 0.05) is 25.0 Å². The molecular weight excluding hydrogens is 388 g/mol. The van der Waals surface area contributed by atoms with Gasteiger partial charge in [0.15, 0.2) is 10.9 Å². The number of thioether (sulfide) groups is 1. The number of aromatic nitrogens is 3. The summed E-state index contributed by atoms with van der Waals surface area (Å²) in [6, 6.07) is 11.4. The van der Waals surface area contributed by atoms with E-state index in [2.05, 4.69) is 29.4 Å². The first-order valence-electron chi connectivity index (χ1n) is 9.54. The summed E-state index contributed by atoms with van der Waals surface area (Å²) in [5.41, 5.74) is 1.78. The van der Waals surface area contributed by atoms with Crippen molar-refractivity contribution in [2.24, 2.45) is 5.92 Å². The molecule has 3 aromatic rings. The predicted octanol–water partition coefficient (Wildman–Crippen LogP) is 3.86. The molecule has 0 aliphatic heterocycles. The number of nitrogens with zero attached hydrogens (tertiary/aromatic N) is 3. The zero-order valence-electron chi connectivity index (χ0n) is 16.9. The van der Waals surface area contributed by atoms with Crippen molar-refractivity contribution in [1.82, 2.24) is 20.1 Å². The average molecular weight is 415 g/mol. The molecule has 8 heteroatoms. The van der Waals surface area contributed by atoms with E-state index in [1.807, 2.05) is 41.0 Å². The SMILES string of the molecule is COCCn1c(SCc2ccc(C(=O)NCC(C)C)cc2)nnc1-c1ccco1. The number of carbonyl (C=O) groups is 1. The highest BCUT2D eigenvalue weighted by molar-refractivity contribution is 7.98. The lowest BCUT2D eigenvalue weighted by atomic mass is 10.1. The van der Waals surface area contributed by atoms with Crippen molar-refractivity contribution in [2.75, 3.05) is 20.3 Å². The van der Waals surface area contributed by atoms with E-state index in [0.717, 1.165) is 16.5 Å². The van der Waals surface area contributed by atoms with Crippen molar-refractivity contribution >= 4 is 17.7 Å². The molecule has 1 aromatic carbocycles. The monoisotopic (exact) mass is 414 g/mol. The van der Waals surface area contributed by atoms with Crippen LogP contribution in [0.15, 0.2) is 52.2 Å². The van der Waals surface area contributed by atoms with Crippen molar-refractivity contribution in [3.8, 4) is 11.6 Å². The van der Waals surface area contributed by atoms with Gasteiger partial charge in [-0.3, -0.25) is 9.36 Å².